The predicted octanol–water partition coefficient (Wildman–Crippen LogP) is 2.00. The number of anilines is 1. The molecular weight excluding hydrogens is 354 g/mol. The molecule has 1 atom stereocenters. The molecule has 0 aliphatic rings. The van der Waals surface area contributed by atoms with Gasteiger partial charge in [0.2, 0.25) is 0 Å². The van der Waals surface area contributed by atoms with Crippen LogP contribution in [0.15, 0.2) is 35.5 Å². The van der Waals surface area contributed by atoms with Crippen molar-refractivity contribution in [2.45, 2.75) is 16.5 Å². The van der Waals surface area contributed by atoms with Gasteiger partial charge in [-0.15, -0.1) is 0 Å². The first-order chi connectivity index (χ1) is 11.0. The van der Waals surface area contributed by atoms with E-state index in [4.69, 9.17) is 0 Å². The number of alkyl halides is 3. The van der Waals surface area contributed by atoms with Gasteiger partial charge in [-0.3, -0.25) is 4.68 Å². The van der Waals surface area contributed by atoms with Crippen molar-refractivity contribution in [1.82, 2.24) is 9.78 Å². The van der Waals surface area contributed by atoms with E-state index in [2.05, 4.69) is 10.4 Å². The Kier molecular flexibility index (Phi) is 4.85. The standard InChI is InChI=1S/C13H13F4N3O3S/c1-20-7-8(5-19-20)11(21)6-18-10-3-2-9(14)4-12(10)24(22,23)13(15,16)17/h2-5,7,11,18,21H,6H2,1H3. The zero-order valence-corrected chi connectivity index (χ0v) is 13.1. The minimum Gasteiger partial charge on any atom is -0.386 e. The number of hydrogen-bond donors (Lipinski definition) is 2. The zero-order valence-electron chi connectivity index (χ0n) is 12.2. The van der Waals surface area contributed by atoms with Crippen LogP contribution in [0, 0.1) is 5.82 Å². The first-order valence-electron chi connectivity index (χ1n) is 6.54. The van der Waals surface area contributed by atoms with Crippen LogP contribution in [0.5, 0.6) is 0 Å². The van der Waals surface area contributed by atoms with Gasteiger partial charge in [0.05, 0.1) is 18.0 Å². The number of hydrogen-bond acceptors (Lipinski definition) is 5. The van der Waals surface area contributed by atoms with Crippen LogP contribution in [0.4, 0.5) is 23.2 Å². The summed E-state index contributed by atoms with van der Waals surface area (Å²) in [6.07, 6.45) is 1.69. The highest BCUT2D eigenvalue weighted by Gasteiger charge is 2.48. The van der Waals surface area contributed by atoms with Crippen molar-refractivity contribution >= 4 is 15.5 Å². The molecule has 0 saturated carbocycles. The van der Waals surface area contributed by atoms with Crippen molar-refractivity contribution in [3.05, 3.63) is 42.0 Å². The summed E-state index contributed by atoms with van der Waals surface area (Å²) >= 11 is 0. The van der Waals surface area contributed by atoms with Gasteiger partial charge in [0.1, 0.15) is 10.7 Å². The molecular formula is C13H13F4N3O3S. The van der Waals surface area contributed by atoms with Crippen LogP contribution in [-0.2, 0) is 16.9 Å². The highest BCUT2D eigenvalue weighted by Crippen LogP contribution is 2.35. The third-order valence-electron chi connectivity index (χ3n) is 3.13. The number of benzene rings is 1. The highest BCUT2D eigenvalue weighted by molar-refractivity contribution is 7.92. The Balaban J connectivity index is 2.28. The number of sulfone groups is 1. The maximum atomic E-state index is 13.2. The Morgan fingerprint density at radius 2 is 2.04 bits per heavy atom. The third kappa shape index (κ3) is 3.67. The van der Waals surface area contributed by atoms with Crippen LogP contribution in [0.1, 0.15) is 11.7 Å². The van der Waals surface area contributed by atoms with Gasteiger partial charge in [0, 0.05) is 25.4 Å². The molecule has 0 spiro atoms. The van der Waals surface area contributed by atoms with E-state index in [-0.39, 0.29) is 12.6 Å². The molecule has 2 aromatic rings. The van der Waals surface area contributed by atoms with E-state index in [0.29, 0.717) is 5.56 Å². The minimum atomic E-state index is -5.74. The molecule has 1 aromatic heterocycles. The Morgan fingerprint density at radius 3 is 2.58 bits per heavy atom. The first-order valence-corrected chi connectivity index (χ1v) is 8.02. The van der Waals surface area contributed by atoms with E-state index in [1.807, 2.05) is 0 Å². The predicted molar refractivity (Wildman–Crippen MR) is 76.3 cm³/mol. The van der Waals surface area contributed by atoms with Crippen LogP contribution in [-0.4, -0.2) is 35.4 Å². The zero-order chi connectivity index (χ0) is 18.1. The molecule has 2 N–H and O–H groups in total. The van der Waals surface area contributed by atoms with Crippen molar-refractivity contribution in [3.63, 3.8) is 0 Å². The molecule has 11 heteroatoms. The Bertz CT molecular complexity index is 833. The molecule has 1 aromatic carbocycles. The summed E-state index contributed by atoms with van der Waals surface area (Å²) < 4.78 is 75.8. The number of rotatable bonds is 5. The lowest BCUT2D eigenvalue weighted by Crippen LogP contribution is -2.25. The van der Waals surface area contributed by atoms with Gasteiger partial charge in [-0.05, 0) is 18.2 Å². The van der Waals surface area contributed by atoms with E-state index in [1.54, 1.807) is 7.05 Å². The molecule has 0 aliphatic heterocycles. The number of nitrogens with one attached hydrogen (secondary N) is 1. The Labute approximate surface area is 134 Å². The summed E-state index contributed by atoms with van der Waals surface area (Å²) in [4.78, 5) is -1.24. The second-order valence-corrected chi connectivity index (χ2v) is 6.84. The summed E-state index contributed by atoms with van der Waals surface area (Å²) in [6, 6.07) is 1.96. The summed E-state index contributed by atoms with van der Waals surface area (Å²) in [7, 11) is -4.13. The summed E-state index contributed by atoms with van der Waals surface area (Å²) in [5, 5.41) is 16.2. The molecule has 0 saturated heterocycles. The molecule has 132 valence electrons. The topological polar surface area (TPSA) is 84.2 Å². The smallest absolute Gasteiger partial charge is 0.386 e. The second-order valence-electron chi connectivity index (χ2n) is 4.93. The quantitative estimate of drug-likeness (QED) is 0.790. The number of aryl methyl sites for hydroxylation is 1. The second kappa shape index (κ2) is 6.40. The van der Waals surface area contributed by atoms with E-state index in [0.717, 1.165) is 12.1 Å². The van der Waals surface area contributed by atoms with Gasteiger partial charge in [-0.2, -0.15) is 18.3 Å². The Morgan fingerprint density at radius 1 is 1.38 bits per heavy atom. The monoisotopic (exact) mass is 367 g/mol. The highest BCUT2D eigenvalue weighted by atomic mass is 32.2. The lowest BCUT2D eigenvalue weighted by Gasteiger charge is -2.16. The fourth-order valence-electron chi connectivity index (χ4n) is 1.93. The summed E-state index contributed by atoms with van der Waals surface area (Å²) in [5.41, 5.74) is -5.65. The molecule has 0 aliphatic carbocycles. The first kappa shape index (κ1) is 18.2. The van der Waals surface area contributed by atoms with E-state index in [9.17, 15) is 31.1 Å². The molecule has 1 unspecified atom stereocenters. The van der Waals surface area contributed by atoms with Crippen LogP contribution in [0.25, 0.3) is 0 Å². The molecule has 0 radical (unpaired) electrons. The lowest BCUT2D eigenvalue weighted by atomic mass is 10.2. The number of aromatic nitrogens is 2. The maximum absolute atomic E-state index is 13.2. The third-order valence-corrected chi connectivity index (χ3v) is 4.66. The summed E-state index contributed by atoms with van der Waals surface area (Å²) in [6.45, 7) is -0.294. The molecule has 2 rings (SSSR count). The van der Waals surface area contributed by atoms with Gasteiger partial charge in [-0.25, -0.2) is 12.8 Å². The van der Waals surface area contributed by atoms with Crippen molar-refractivity contribution < 1.29 is 31.1 Å². The fourth-order valence-corrected chi connectivity index (χ4v) is 2.87. The number of halogens is 4. The molecule has 24 heavy (non-hydrogen) atoms. The SMILES string of the molecule is Cn1cc(C(O)CNc2ccc(F)cc2S(=O)(=O)C(F)(F)F)cn1. The number of aliphatic hydroxyl groups excluding tert-OH is 1. The van der Waals surface area contributed by atoms with E-state index >= 15 is 0 Å². The van der Waals surface area contributed by atoms with Gasteiger partial charge in [0.25, 0.3) is 9.84 Å². The maximum Gasteiger partial charge on any atom is 0.501 e. The number of aliphatic hydroxyl groups is 1. The van der Waals surface area contributed by atoms with Crippen LogP contribution in [0.3, 0.4) is 0 Å². The van der Waals surface area contributed by atoms with Crippen molar-refractivity contribution in [1.29, 1.82) is 0 Å². The van der Waals surface area contributed by atoms with E-state index < -0.39 is 37.8 Å². The van der Waals surface area contributed by atoms with Gasteiger partial charge in [0.15, 0.2) is 0 Å². The average Bonchev–Trinajstić information content (AvgIpc) is 2.91. The van der Waals surface area contributed by atoms with Crippen LogP contribution >= 0.6 is 0 Å². The van der Waals surface area contributed by atoms with Crippen molar-refractivity contribution in [2.24, 2.45) is 7.05 Å². The van der Waals surface area contributed by atoms with Crippen molar-refractivity contribution in [2.75, 3.05) is 11.9 Å². The Hall–Kier alpha value is -2.14. The molecule has 6 nitrogen and oxygen atoms in total. The van der Waals surface area contributed by atoms with Crippen LogP contribution < -0.4 is 5.32 Å². The molecule has 0 fully saturated rings. The van der Waals surface area contributed by atoms with Gasteiger partial charge in [-0.1, -0.05) is 0 Å². The summed E-state index contributed by atoms with van der Waals surface area (Å²) in [5.74, 6) is -1.13. The lowest BCUT2D eigenvalue weighted by molar-refractivity contribution is -0.0435. The van der Waals surface area contributed by atoms with Crippen molar-refractivity contribution in [3.8, 4) is 0 Å². The van der Waals surface area contributed by atoms with Gasteiger partial charge < -0.3 is 10.4 Å². The largest absolute Gasteiger partial charge is 0.501 e. The van der Waals surface area contributed by atoms with E-state index in [1.165, 1.54) is 17.1 Å². The normalized spacial score (nSPS) is 13.8. The molecule has 1 heterocycles. The number of nitrogens with zero attached hydrogens (tertiary/aromatic N) is 2. The minimum absolute atomic E-state index is 0.279. The van der Waals surface area contributed by atoms with Crippen LogP contribution in [0.2, 0.25) is 0 Å². The average molecular weight is 367 g/mol. The molecule has 0 bridgehead atoms. The molecule has 0 amide bonds. The fraction of sp³-hybridized carbons (Fsp3) is 0.308. The van der Waals surface area contributed by atoms with Gasteiger partial charge >= 0.3 is 5.51 Å².